The fourth-order valence-electron chi connectivity index (χ4n) is 3.28. The van der Waals surface area contributed by atoms with Crippen molar-refractivity contribution in [1.82, 2.24) is 0 Å². The number of halogens is 2. The molecule has 2 aromatic rings. The molecule has 1 aromatic carbocycles. The SMILES string of the molecule is COC(=O)c1c(NC(=O)C=Cc2ccc(Cl)cc2Cl)sc2c1CCCCCC2. The van der Waals surface area contributed by atoms with Gasteiger partial charge in [0.25, 0.3) is 0 Å². The van der Waals surface area contributed by atoms with E-state index in [4.69, 9.17) is 27.9 Å². The molecule has 0 unspecified atom stereocenters. The van der Waals surface area contributed by atoms with Crippen LogP contribution in [0.15, 0.2) is 24.3 Å². The molecule has 1 heterocycles. The summed E-state index contributed by atoms with van der Waals surface area (Å²) in [5, 5.41) is 4.40. The van der Waals surface area contributed by atoms with Crippen LogP contribution in [0, 0.1) is 0 Å². The molecule has 7 heteroatoms. The van der Waals surface area contributed by atoms with Crippen molar-refractivity contribution in [3.63, 3.8) is 0 Å². The average molecular weight is 438 g/mol. The van der Waals surface area contributed by atoms with Gasteiger partial charge in [0.1, 0.15) is 5.00 Å². The van der Waals surface area contributed by atoms with Crippen LogP contribution in [-0.2, 0) is 22.4 Å². The summed E-state index contributed by atoms with van der Waals surface area (Å²) < 4.78 is 4.98. The molecule has 1 N–H and O–H groups in total. The molecular weight excluding hydrogens is 417 g/mol. The van der Waals surface area contributed by atoms with Crippen LogP contribution in [-0.4, -0.2) is 19.0 Å². The van der Waals surface area contributed by atoms with E-state index in [0.717, 1.165) is 37.7 Å². The van der Waals surface area contributed by atoms with E-state index in [-0.39, 0.29) is 5.91 Å². The lowest BCUT2D eigenvalue weighted by atomic mass is 9.96. The van der Waals surface area contributed by atoms with Crippen molar-refractivity contribution in [3.05, 3.63) is 55.9 Å². The standard InChI is InChI=1S/C21H21Cl2NO3S/c1-27-21(26)19-15-6-4-2-3-5-7-17(15)28-20(19)24-18(25)11-9-13-8-10-14(22)12-16(13)23/h8-12H,2-7H2,1H3,(H,24,25). The molecule has 1 aliphatic carbocycles. The lowest BCUT2D eigenvalue weighted by molar-refractivity contribution is -0.111. The van der Waals surface area contributed by atoms with Gasteiger partial charge in [-0.3, -0.25) is 4.79 Å². The number of hydrogen-bond donors (Lipinski definition) is 1. The summed E-state index contributed by atoms with van der Waals surface area (Å²) in [5.74, 6) is -0.733. The van der Waals surface area contributed by atoms with Crippen LogP contribution in [0.2, 0.25) is 10.0 Å². The van der Waals surface area contributed by atoms with Gasteiger partial charge in [-0.25, -0.2) is 4.79 Å². The predicted octanol–water partition coefficient (Wildman–Crippen LogP) is 6.15. The summed E-state index contributed by atoms with van der Waals surface area (Å²) in [5.41, 5.74) is 2.21. The van der Waals surface area contributed by atoms with Crippen LogP contribution in [0.3, 0.4) is 0 Å². The number of carbonyl (C=O) groups excluding carboxylic acids is 2. The number of aryl methyl sites for hydroxylation is 1. The van der Waals surface area contributed by atoms with Gasteiger partial charge < -0.3 is 10.1 Å². The summed E-state index contributed by atoms with van der Waals surface area (Å²) in [6.45, 7) is 0. The van der Waals surface area contributed by atoms with E-state index in [9.17, 15) is 9.59 Å². The molecule has 28 heavy (non-hydrogen) atoms. The van der Waals surface area contributed by atoms with Crippen molar-refractivity contribution in [2.24, 2.45) is 0 Å². The van der Waals surface area contributed by atoms with E-state index in [1.807, 2.05) is 0 Å². The minimum absolute atomic E-state index is 0.328. The Labute approximate surface area is 178 Å². The predicted molar refractivity (Wildman–Crippen MR) is 116 cm³/mol. The number of anilines is 1. The number of rotatable bonds is 4. The van der Waals surface area contributed by atoms with Crippen LogP contribution in [0.5, 0.6) is 0 Å². The number of amides is 1. The van der Waals surface area contributed by atoms with Gasteiger partial charge in [-0.2, -0.15) is 0 Å². The molecule has 0 saturated carbocycles. The highest BCUT2D eigenvalue weighted by Gasteiger charge is 2.25. The monoisotopic (exact) mass is 437 g/mol. The zero-order chi connectivity index (χ0) is 20.1. The van der Waals surface area contributed by atoms with Gasteiger partial charge in [-0.05, 0) is 55.0 Å². The Kier molecular flexibility index (Phi) is 7.16. The second kappa shape index (κ2) is 9.59. The summed E-state index contributed by atoms with van der Waals surface area (Å²) in [6.07, 6.45) is 9.26. The minimum Gasteiger partial charge on any atom is -0.465 e. The van der Waals surface area contributed by atoms with Gasteiger partial charge in [0.2, 0.25) is 5.91 Å². The lowest BCUT2D eigenvalue weighted by Gasteiger charge is -2.10. The molecule has 148 valence electrons. The van der Waals surface area contributed by atoms with Gasteiger partial charge in [0.05, 0.1) is 12.7 Å². The molecule has 0 aliphatic heterocycles. The number of ether oxygens (including phenoxy) is 1. The second-order valence-corrected chi connectivity index (χ2v) is 8.55. The van der Waals surface area contributed by atoms with E-state index >= 15 is 0 Å². The molecule has 4 nitrogen and oxygen atoms in total. The number of fused-ring (bicyclic) bond motifs is 1. The van der Waals surface area contributed by atoms with Crippen LogP contribution in [0.4, 0.5) is 5.00 Å². The molecule has 0 atom stereocenters. The van der Waals surface area contributed by atoms with Gasteiger partial charge in [0.15, 0.2) is 0 Å². The molecule has 3 rings (SSSR count). The maximum atomic E-state index is 12.5. The zero-order valence-corrected chi connectivity index (χ0v) is 17.8. The molecule has 0 radical (unpaired) electrons. The largest absolute Gasteiger partial charge is 0.465 e. The van der Waals surface area contributed by atoms with Crippen LogP contribution < -0.4 is 5.32 Å². The number of esters is 1. The Hall–Kier alpha value is -1.82. The third kappa shape index (κ3) is 4.96. The van der Waals surface area contributed by atoms with E-state index in [2.05, 4.69) is 5.32 Å². The minimum atomic E-state index is -0.405. The van der Waals surface area contributed by atoms with Crippen molar-refractivity contribution >= 4 is 57.5 Å². The van der Waals surface area contributed by atoms with Gasteiger partial charge in [0, 0.05) is 21.0 Å². The Morgan fingerprint density at radius 2 is 1.89 bits per heavy atom. The maximum absolute atomic E-state index is 12.5. The van der Waals surface area contributed by atoms with Crippen molar-refractivity contribution in [1.29, 1.82) is 0 Å². The highest BCUT2D eigenvalue weighted by molar-refractivity contribution is 7.17. The summed E-state index contributed by atoms with van der Waals surface area (Å²) >= 11 is 13.5. The first-order chi connectivity index (χ1) is 13.5. The number of hydrogen-bond acceptors (Lipinski definition) is 4. The third-order valence-corrected chi connectivity index (χ3v) is 6.44. The highest BCUT2D eigenvalue weighted by atomic mass is 35.5. The molecule has 0 spiro atoms. The third-order valence-electron chi connectivity index (χ3n) is 4.67. The molecule has 0 bridgehead atoms. The van der Waals surface area contributed by atoms with E-state index in [0.29, 0.717) is 26.2 Å². The fraction of sp³-hybridized carbons (Fsp3) is 0.333. The Bertz CT molecular complexity index is 921. The molecular formula is C21H21Cl2NO3S. The van der Waals surface area contributed by atoms with Crippen LogP contribution in [0.1, 0.15) is 52.0 Å². The normalized spacial score (nSPS) is 14.2. The highest BCUT2D eigenvalue weighted by Crippen LogP contribution is 2.37. The number of nitrogens with one attached hydrogen (secondary N) is 1. The van der Waals surface area contributed by atoms with Crippen molar-refractivity contribution in [3.8, 4) is 0 Å². The smallest absolute Gasteiger partial charge is 0.341 e. The number of benzene rings is 1. The Morgan fingerprint density at radius 3 is 2.61 bits per heavy atom. The quantitative estimate of drug-likeness (QED) is 0.460. The summed E-state index contributed by atoms with van der Waals surface area (Å²) in [4.78, 5) is 26.0. The zero-order valence-electron chi connectivity index (χ0n) is 15.5. The van der Waals surface area contributed by atoms with Gasteiger partial charge in [-0.15, -0.1) is 11.3 Å². The van der Waals surface area contributed by atoms with E-state index in [1.165, 1.54) is 35.8 Å². The van der Waals surface area contributed by atoms with Crippen molar-refractivity contribution < 1.29 is 14.3 Å². The summed E-state index contributed by atoms with van der Waals surface area (Å²) in [7, 11) is 1.36. The number of carbonyl (C=O) groups is 2. The molecule has 1 aromatic heterocycles. The first-order valence-electron chi connectivity index (χ1n) is 9.16. The number of thiophene rings is 1. The van der Waals surface area contributed by atoms with Gasteiger partial charge in [-0.1, -0.05) is 42.1 Å². The van der Waals surface area contributed by atoms with Crippen molar-refractivity contribution in [2.45, 2.75) is 38.5 Å². The lowest BCUT2D eigenvalue weighted by Crippen LogP contribution is -2.12. The first kappa shape index (κ1) is 20.9. The van der Waals surface area contributed by atoms with Gasteiger partial charge >= 0.3 is 5.97 Å². The Balaban J connectivity index is 1.84. The van der Waals surface area contributed by atoms with Crippen LogP contribution in [0.25, 0.3) is 6.08 Å². The topological polar surface area (TPSA) is 55.4 Å². The Morgan fingerprint density at radius 1 is 1.14 bits per heavy atom. The average Bonchev–Trinajstić information content (AvgIpc) is 2.96. The summed E-state index contributed by atoms with van der Waals surface area (Å²) in [6, 6.07) is 5.07. The molecule has 0 saturated heterocycles. The second-order valence-electron chi connectivity index (χ2n) is 6.60. The molecule has 1 amide bonds. The van der Waals surface area contributed by atoms with Crippen molar-refractivity contribution in [2.75, 3.05) is 12.4 Å². The van der Waals surface area contributed by atoms with Crippen LogP contribution >= 0.6 is 34.5 Å². The molecule has 1 aliphatic rings. The maximum Gasteiger partial charge on any atom is 0.341 e. The number of methoxy groups -OCH3 is 1. The first-order valence-corrected chi connectivity index (χ1v) is 10.7. The van der Waals surface area contributed by atoms with E-state index in [1.54, 1.807) is 24.3 Å². The fourth-order valence-corrected chi connectivity index (χ4v) is 5.03. The molecule has 0 fully saturated rings. The van der Waals surface area contributed by atoms with E-state index < -0.39 is 5.97 Å².